The summed E-state index contributed by atoms with van der Waals surface area (Å²) in [6, 6.07) is 0.173. The van der Waals surface area contributed by atoms with Crippen molar-refractivity contribution < 1.29 is 9.53 Å². The van der Waals surface area contributed by atoms with Crippen molar-refractivity contribution in [2.24, 2.45) is 5.92 Å². The zero-order chi connectivity index (χ0) is 13.4. The van der Waals surface area contributed by atoms with Crippen LogP contribution in [0.25, 0.3) is 0 Å². The summed E-state index contributed by atoms with van der Waals surface area (Å²) in [5.41, 5.74) is 1.73. The standard InChI is InChI=1S/C12H18N4O2S/c1-7(2)14-11(17)9-3-8-4-16(5-10(9)18-8)12-15-13-6-19-12/h6-10H,3-5H2,1-2H3,(H,14,17). The second-order valence-corrected chi connectivity index (χ2v) is 6.24. The molecule has 1 aromatic rings. The number of morpholine rings is 1. The second kappa shape index (κ2) is 5.05. The third kappa shape index (κ3) is 2.57. The maximum atomic E-state index is 12.2. The van der Waals surface area contributed by atoms with E-state index in [-0.39, 0.29) is 30.1 Å². The molecular formula is C12H18N4O2S. The molecule has 2 saturated heterocycles. The Hall–Kier alpha value is -1.21. The normalized spacial score (nSPS) is 29.8. The SMILES string of the molecule is CC(C)NC(=O)C1CC2CN(c3nncs3)CC1O2. The van der Waals surface area contributed by atoms with Crippen LogP contribution in [0.1, 0.15) is 20.3 Å². The third-order valence-electron chi connectivity index (χ3n) is 3.54. The quantitative estimate of drug-likeness (QED) is 0.882. The molecule has 0 aliphatic carbocycles. The van der Waals surface area contributed by atoms with Crippen molar-refractivity contribution in [2.45, 2.75) is 38.5 Å². The molecule has 0 aromatic carbocycles. The molecule has 0 radical (unpaired) electrons. The van der Waals surface area contributed by atoms with E-state index in [0.29, 0.717) is 0 Å². The number of hydrogen-bond acceptors (Lipinski definition) is 6. The van der Waals surface area contributed by atoms with Crippen LogP contribution in [0.3, 0.4) is 0 Å². The van der Waals surface area contributed by atoms with Crippen LogP contribution >= 0.6 is 11.3 Å². The minimum atomic E-state index is -0.0367. The maximum Gasteiger partial charge on any atom is 0.226 e. The van der Waals surface area contributed by atoms with Gasteiger partial charge in [0.15, 0.2) is 0 Å². The molecule has 0 spiro atoms. The molecule has 2 aliphatic rings. The lowest BCUT2D eigenvalue weighted by Gasteiger charge is -2.32. The Bertz CT molecular complexity index is 451. The molecule has 1 aromatic heterocycles. The number of nitrogens with one attached hydrogen (secondary N) is 1. The highest BCUT2D eigenvalue weighted by molar-refractivity contribution is 7.13. The number of aromatic nitrogens is 2. The summed E-state index contributed by atoms with van der Waals surface area (Å²) in [5.74, 6) is 0.0759. The van der Waals surface area contributed by atoms with E-state index in [1.807, 2.05) is 13.8 Å². The van der Waals surface area contributed by atoms with Gasteiger partial charge in [0.2, 0.25) is 11.0 Å². The predicted octanol–water partition coefficient (Wildman–Crippen LogP) is 0.656. The van der Waals surface area contributed by atoms with Gasteiger partial charge in [-0.2, -0.15) is 0 Å². The van der Waals surface area contributed by atoms with Crippen molar-refractivity contribution in [3.8, 4) is 0 Å². The zero-order valence-electron chi connectivity index (χ0n) is 11.1. The highest BCUT2D eigenvalue weighted by Crippen LogP contribution is 2.34. The fraction of sp³-hybridized carbons (Fsp3) is 0.750. The molecule has 6 nitrogen and oxygen atoms in total. The maximum absolute atomic E-state index is 12.2. The van der Waals surface area contributed by atoms with Crippen LogP contribution in [0, 0.1) is 5.92 Å². The van der Waals surface area contributed by atoms with Crippen LogP contribution in [0.2, 0.25) is 0 Å². The highest BCUT2D eigenvalue weighted by Gasteiger charge is 2.45. The van der Waals surface area contributed by atoms with Crippen molar-refractivity contribution in [1.82, 2.24) is 15.5 Å². The van der Waals surface area contributed by atoms with E-state index in [1.165, 1.54) is 11.3 Å². The Morgan fingerprint density at radius 1 is 1.58 bits per heavy atom. The third-order valence-corrected chi connectivity index (χ3v) is 4.29. The van der Waals surface area contributed by atoms with Gasteiger partial charge in [-0.05, 0) is 20.3 Å². The molecule has 0 saturated carbocycles. The molecule has 3 rings (SSSR count). The van der Waals surface area contributed by atoms with Gasteiger partial charge < -0.3 is 15.0 Å². The molecular weight excluding hydrogens is 264 g/mol. The number of ether oxygens (including phenoxy) is 1. The highest BCUT2D eigenvalue weighted by atomic mass is 32.1. The van der Waals surface area contributed by atoms with Gasteiger partial charge in [-0.25, -0.2) is 0 Å². The summed E-state index contributed by atoms with van der Waals surface area (Å²) in [6.45, 7) is 5.49. The summed E-state index contributed by atoms with van der Waals surface area (Å²) in [6.07, 6.45) is 0.908. The summed E-state index contributed by atoms with van der Waals surface area (Å²) < 4.78 is 5.89. The van der Waals surface area contributed by atoms with E-state index < -0.39 is 0 Å². The van der Waals surface area contributed by atoms with E-state index in [9.17, 15) is 4.79 Å². The first kappa shape index (κ1) is 12.8. The molecule has 3 unspecified atom stereocenters. The van der Waals surface area contributed by atoms with Crippen LogP contribution in [-0.2, 0) is 9.53 Å². The summed E-state index contributed by atoms with van der Waals surface area (Å²) in [7, 11) is 0. The monoisotopic (exact) mass is 282 g/mol. The first-order valence-electron chi connectivity index (χ1n) is 6.60. The van der Waals surface area contributed by atoms with E-state index >= 15 is 0 Å². The summed E-state index contributed by atoms with van der Waals surface area (Å²) >= 11 is 1.53. The number of hydrogen-bond donors (Lipinski definition) is 1. The Morgan fingerprint density at radius 3 is 3.11 bits per heavy atom. The lowest BCUT2D eigenvalue weighted by Crippen LogP contribution is -2.46. The Kier molecular flexibility index (Phi) is 3.40. The van der Waals surface area contributed by atoms with Crippen LogP contribution in [0.4, 0.5) is 5.13 Å². The van der Waals surface area contributed by atoms with Crippen LogP contribution in [-0.4, -0.2) is 47.4 Å². The van der Waals surface area contributed by atoms with Gasteiger partial charge in [-0.1, -0.05) is 11.3 Å². The van der Waals surface area contributed by atoms with Crippen molar-refractivity contribution >= 4 is 22.4 Å². The zero-order valence-corrected chi connectivity index (χ0v) is 11.9. The average Bonchev–Trinajstić information content (AvgIpc) is 2.96. The average molecular weight is 282 g/mol. The van der Waals surface area contributed by atoms with Gasteiger partial charge in [-0.3, -0.25) is 4.79 Å². The van der Waals surface area contributed by atoms with Gasteiger partial charge >= 0.3 is 0 Å². The molecule has 7 heteroatoms. The number of fused-ring (bicyclic) bond motifs is 2. The largest absolute Gasteiger partial charge is 0.370 e. The fourth-order valence-electron chi connectivity index (χ4n) is 2.79. The fourth-order valence-corrected chi connectivity index (χ4v) is 3.37. The number of rotatable bonds is 3. The Morgan fingerprint density at radius 2 is 2.42 bits per heavy atom. The number of nitrogens with zero attached hydrogens (tertiary/aromatic N) is 3. The number of amides is 1. The summed E-state index contributed by atoms with van der Waals surface area (Å²) in [5, 5.41) is 11.9. The van der Waals surface area contributed by atoms with Crippen molar-refractivity contribution in [1.29, 1.82) is 0 Å². The van der Waals surface area contributed by atoms with Gasteiger partial charge in [-0.15, -0.1) is 10.2 Å². The molecule has 2 fully saturated rings. The van der Waals surface area contributed by atoms with Gasteiger partial charge in [0.25, 0.3) is 0 Å². The van der Waals surface area contributed by atoms with Crippen molar-refractivity contribution in [2.75, 3.05) is 18.0 Å². The molecule has 1 N–H and O–H groups in total. The summed E-state index contributed by atoms with van der Waals surface area (Å²) in [4.78, 5) is 14.3. The number of anilines is 1. The molecule has 2 aliphatic heterocycles. The molecule has 19 heavy (non-hydrogen) atoms. The van der Waals surface area contributed by atoms with E-state index in [0.717, 1.165) is 24.6 Å². The van der Waals surface area contributed by atoms with Crippen LogP contribution < -0.4 is 10.2 Å². The topological polar surface area (TPSA) is 67.4 Å². The molecule has 3 heterocycles. The van der Waals surface area contributed by atoms with E-state index in [1.54, 1.807) is 5.51 Å². The Labute approximate surface area is 116 Å². The molecule has 104 valence electrons. The van der Waals surface area contributed by atoms with Gasteiger partial charge in [0, 0.05) is 19.1 Å². The van der Waals surface area contributed by atoms with Crippen LogP contribution in [0.15, 0.2) is 5.51 Å². The Balaban J connectivity index is 1.68. The minimum absolute atomic E-state index is 0.0265. The van der Waals surface area contributed by atoms with Crippen molar-refractivity contribution in [3.05, 3.63) is 5.51 Å². The lowest BCUT2D eigenvalue weighted by atomic mass is 9.99. The number of carbonyl (C=O) groups excluding carboxylic acids is 1. The predicted molar refractivity (Wildman–Crippen MR) is 72.2 cm³/mol. The second-order valence-electron chi connectivity index (χ2n) is 5.43. The minimum Gasteiger partial charge on any atom is -0.370 e. The van der Waals surface area contributed by atoms with Crippen LogP contribution in [0.5, 0.6) is 0 Å². The molecule has 2 bridgehead atoms. The number of carbonyl (C=O) groups is 1. The lowest BCUT2D eigenvalue weighted by molar-refractivity contribution is -0.127. The smallest absolute Gasteiger partial charge is 0.226 e. The molecule has 3 atom stereocenters. The van der Waals surface area contributed by atoms with E-state index in [4.69, 9.17) is 4.74 Å². The first-order valence-corrected chi connectivity index (χ1v) is 7.48. The van der Waals surface area contributed by atoms with Crippen molar-refractivity contribution in [3.63, 3.8) is 0 Å². The van der Waals surface area contributed by atoms with E-state index in [2.05, 4.69) is 20.4 Å². The van der Waals surface area contributed by atoms with Gasteiger partial charge in [0.1, 0.15) is 5.51 Å². The molecule has 1 amide bonds. The van der Waals surface area contributed by atoms with Gasteiger partial charge in [0.05, 0.1) is 18.1 Å². The first-order chi connectivity index (χ1) is 9.13.